The van der Waals surface area contributed by atoms with Crippen LogP contribution < -0.4 is 15.2 Å². The third kappa shape index (κ3) is 5.52. The smallest absolute Gasteiger partial charge is 0.242 e. The van der Waals surface area contributed by atoms with Gasteiger partial charge in [0.25, 0.3) is 0 Å². The van der Waals surface area contributed by atoms with Crippen molar-refractivity contribution in [2.24, 2.45) is 11.7 Å². The summed E-state index contributed by atoms with van der Waals surface area (Å²) in [5.41, 5.74) is 6.87. The number of nitrogens with two attached hydrogens (primary N) is 1. The first kappa shape index (κ1) is 22.8. The molecule has 1 amide bonds. The normalized spacial score (nSPS) is 19.6. The molecule has 2 heterocycles. The highest BCUT2D eigenvalue weighted by Crippen LogP contribution is 2.28. The van der Waals surface area contributed by atoms with E-state index in [0.717, 1.165) is 50.3 Å². The number of carbonyl (C=O) groups excluding carboxylic acids is 1. The quantitative estimate of drug-likeness (QED) is 0.777. The van der Waals surface area contributed by atoms with Gasteiger partial charge in [-0.3, -0.25) is 4.79 Å². The molecule has 0 saturated carbocycles. The van der Waals surface area contributed by atoms with Gasteiger partial charge in [-0.05, 0) is 62.1 Å². The van der Waals surface area contributed by atoms with Crippen LogP contribution in [0.5, 0.6) is 11.5 Å². The topological polar surface area (TPSA) is 74.0 Å². The van der Waals surface area contributed by atoms with Crippen molar-refractivity contribution in [2.75, 3.05) is 40.5 Å². The van der Waals surface area contributed by atoms with E-state index in [2.05, 4.69) is 12.1 Å². The van der Waals surface area contributed by atoms with Crippen molar-refractivity contribution in [3.8, 4) is 11.5 Å². The number of aryl methyl sites for hydroxylation is 1. The van der Waals surface area contributed by atoms with E-state index >= 15 is 0 Å². The summed E-state index contributed by atoms with van der Waals surface area (Å²) in [4.78, 5) is 14.8. The zero-order chi connectivity index (χ0) is 19.3. The molecule has 6 nitrogen and oxygen atoms in total. The molecule has 0 atom stereocenters. The van der Waals surface area contributed by atoms with Crippen LogP contribution in [0.3, 0.4) is 0 Å². The second-order valence-corrected chi connectivity index (χ2v) is 7.76. The largest absolute Gasteiger partial charge is 0.497 e. The number of piperidine rings is 1. The van der Waals surface area contributed by atoms with Gasteiger partial charge in [-0.15, -0.1) is 12.4 Å². The molecule has 28 heavy (non-hydrogen) atoms. The van der Waals surface area contributed by atoms with Gasteiger partial charge < -0.3 is 24.8 Å². The van der Waals surface area contributed by atoms with E-state index in [0.29, 0.717) is 32.0 Å². The van der Waals surface area contributed by atoms with Crippen molar-refractivity contribution in [3.05, 3.63) is 23.8 Å². The number of amides is 1. The van der Waals surface area contributed by atoms with Crippen LogP contribution in [0.1, 0.15) is 37.7 Å². The molecule has 1 aromatic rings. The number of ether oxygens (including phenoxy) is 3. The summed E-state index contributed by atoms with van der Waals surface area (Å²) >= 11 is 0. The lowest BCUT2D eigenvalue weighted by molar-refractivity contribution is -0.142. The molecule has 3 rings (SSSR count). The van der Waals surface area contributed by atoms with Gasteiger partial charge in [-0.2, -0.15) is 0 Å². The van der Waals surface area contributed by atoms with Gasteiger partial charge >= 0.3 is 0 Å². The minimum absolute atomic E-state index is 0. The van der Waals surface area contributed by atoms with Crippen molar-refractivity contribution < 1.29 is 19.0 Å². The van der Waals surface area contributed by atoms with Crippen molar-refractivity contribution in [1.82, 2.24) is 4.90 Å². The maximum Gasteiger partial charge on any atom is 0.242 e. The molecule has 7 heteroatoms. The van der Waals surface area contributed by atoms with Gasteiger partial charge in [-0.1, -0.05) is 0 Å². The zero-order valence-electron chi connectivity index (χ0n) is 16.9. The lowest BCUT2D eigenvalue weighted by Gasteiger charge is -2.40. The molecular formula is C21H33ClN2O4. The standard InChI is InChI=1S/C21H32N2O4.ClH/c1-25-18-13-17(14-19(15-18)26-2)4-3-16-5-9-23(10-6-16)20(24)21(22)7-11-27-12-8-21;/h13-16H,3-12,22H2,1-2H3;1H. The Kier molecular flexibility index (Phi) is 8.40. The van der Waals surface area contributed by atoms with Crippen molar-refractivity contribution >= 4 is 18.3 Å². The average molecular weight is 413 g/mol. The molecule has 0 bridgehead atoms. The van der Waals surface area contributed by atoms with Gasteiger partial charge in [0.05, 0.1) is 19.8 Å². The summed E-state index contributed by atoms with van der Waals surface area (Å²) in [5.74, 6) is 2.40. The minimum Gasteiger partial charge on any atom is -0.497 e. The molecule has 0 spiro atoms. The van der Waals surface area contributed by atoms with E-state index in [-0.39, 0.29) is 18.3 Å². The Morgan fingerprint density at radius 1 is 1.14 bits per heavy atom. The SMILES string of the molecule is COc1cc(CCC2CCN(C(=O)C3(N)CCOCC3)CC2)cc(OC)c1.Cl. The Balaban J connectivity index is 0.00000280. The van der Waals surface area contributed by atoms with Crippen LogP contribution in [-0.4, -0.2) is 56.9 Å². The Bertz CT molecular complexity index is 619. The number of hydrogen-bond acceptors (Lipinski definition) is 5. The Hall–Kier alpha value is -1.50. The maximum absolute atomic E-state index is 12.8. The first-order valence-corrected chi connectivity index (χ1v) is 9.92. The Morgan fingerprint density at radius 3 is 2.25 bits per heavy atom. The van der Waals surface area contributed by atoms with Crippen molar-refractivity contribution in [1.29, 1.82) is 0 Å². The molecule has 0 aromatic heterocycles. The van der Waals surface area contributed by atoms with Crippen LogP contribution in [0.2, 0.25) is 0 Å². The number of likely N-dealkylation sites (tertiary alicyclic amines) is 1. The number of carbonyl (C=O) groups is 1. The third-order valence-electron chi connectivity index (χ3n) is 5.97. The lowest BCUT2D eigenvalue weighted by atomic mass is 9.86. The highest BCUT2D eigenvalue weighted by atomic mass is 35.5. The van der Waals surface area contributed by atoms with Crippen LogP contribution in [0.15, 0.2) is 18.2 Å². The fourth-order valence-corrected chi connectivity index (χ4v) is 4.07. The second kappa shape index (κ2) is 10.3. The predicted octanol–water partition coefficient (Wildman–Crippen LogP) is 2.80. The van der Waals surface area contributed by atoms with Crippen molar-refractivity contribution in [2.45, 2.75) is 44.1 Å². The zero-order valence-corrected chi connectivity index (χ0v) is 17.8. The van der Waals surface area contributed by atoms with E-state index in [1.165, 1.54) is 5.56 Å². The van der Waals surface area contributed by atoms with Gasteiger partial charge in [0.2, 0.25) is 5.91 Å². The van der Waals surface area contributed by atoms with E-state index in [9.17, 15) is 4.79 Å². The minimum atomic E-state index is -0.720. The predicted molar refractivity (Wildman–Crippen MR) is 111 cm³/mol. The Morgan fingerprint density at radius 2 is 1.71 bits per heavy atom. The fourth-order valence-electron chi connectivity index (χ4n) is 4.07. The van der Waals surface area contributed by atoms with Gasteiger partial charge in [-0.25, -0.2) is 0 Å². The third-order valence-corrected chi connectivity index (χ3v) is 5.97. The van der Waals surface area contributed by atoms with E-state index in [1.54, 1.807) is 14.2 Å². The van der Waals surface area contributed by atoms with Gasteiger partial charge in [0.15, 0.2) is 0 Å². The number of hydrogen-bond donors (Lipinski definition) is 1. The van der Waals surface area contributed by atoms with Crippen LogP contribution in [0, 0.1) is 5.92 Å². The summed E-state index contributed by atoms with van der Waals surface area (Å²) < 4.78 is 16.1. The van der Waals surface area contributed by atoms with Crippen LogP contribution in [0.25, 0.3) is 0 Å². The Labute approximate surface area is 174 Å². The van der Waals surface area contributed by atoms with Crippen LogP contribution in [-0.2, 0) is 16.0 Å². The molecule has 0 radical (unpaired) electrons. The summed E-state index contributed by atoms with van der Waals surface area (Å²) in [6.07, 6.45) is 5.44. The highest BCUT2D eigenvalue weighted by molar-refractivity contribution is 5.86. The number of rotatable bonds is 6. The number of benzene rings is 1. The summed E-state index contributed by atoms with van der Waals surface area (Å²) in [5, 5.41) is 0. The van der Waals surface area contributed by atoms with Crippen LogP contribution in [0.4, 0.5) is 0 Å². The molecule has 2 fully saturated rings. The fraction of sp³-hybridized carbons (Fsp3) is 0.667. The van der Waals surface area contributed by atoms with E-state index in [4.69, 9.17) is 19.9 Å². The molecule has 2 aliphatic heterocycles. The molecular weight excluding hydrogens is 380 g/mol. The monoisotopic (exact) mass is 412 g/mol. The van der Waals surface area contributed by atoms with E-state index < -0.39 is 5.54 Å². The first-order chi connectivity index (χ1) is 13.0. The molecule has 2 N–H and O–H groups in total. The van der Waals surface area contributed by atoms with Crippen molar-refractivity contribution in [3.63, 3.8) is 0 Å². The van der Waals surface area contributed by atoms with Crippen LogP contribution >= 0.6 is 12.4 Å². The summed E-state index contributed by atoms with van der Waals surface area (Å²) in [6.45, 7) is 2.79. The molecule has 0 unspecified atom stereocenters. The number of methoxy groups -OCH3 is 2. The molecule has 1 aromatic carbocycles. The molecule has 0 aliphatic carbocycles. The molecule has 2 aliphatic rings. The second-order valence-electron chi connectivity index (χ2n) is 7.76. The molecule has 158 valence electrons. The highest BCUT2D eigenvalue weighted by Gasteiger charge is 2.39. The lowest BCUT2D eigenvalue weighted by Crippen LogP contribution is -2.59. The summed E-state index contributed by atoms with van der Waals surface area (Å²) in [7, 11) is 3.35. The van der Waals surface area contributed by atoms with Gasteiger partial charge in [0.1, 0.15) is 11.5 Å². The van der Waals surface area contributed by atoms with Gasteiger partial charge in [0, 0.05) is 32.4 Å². The maximum atomic E-state index is 12.8. The number of nitrogens with zero attached hydrogens (tertiary/aromatic N) is 1. The number of halogens is 1. The summed E-state index contributed by atoms with van der Waals surface area (Å²) in [6, 6.07) is 6.04. The van der Waals surface area contributed by atoms with E-state index in [1.807, 2.05) is 11.0 Å². The first-order valence-electron chi connectivity index (χ1n) is 9.92. The average Bonchev–Trinajstić information content (AvgIpc) is 2.72. The molecule has 2 saturated heterocycles.